The third-order valence-corrected chi connectivity index (χ3v) is 5.41. The molecule has 1 unspecified atom stereocenters. The number of hydrogen-bond donors (Lipinski definition) is 3. The highest BCUT2D eigenvalue weighted by atomic mass is 35.5. The first-order valence-corrected chi connectivity index (χ1v) is 9.44. The van der Waals surface area contributed by atoms with E-state index in [0.29, 0.717) is 19.4 Å². The van der Waals surface area contributed by atoms with Crippen molar-refractivity contribution in [1.82, 2.24) is 15.4 Å². The van der Waals surface area contributed by atoms with Crippen LogP contribution in [0.3, 0.4) is 0 Å². The molecule has 0 aromatic heterocycles. The predicted octanol–water partition coefficient (Wildman–Crippen LogP) is 1.21. The Labute approximate surface area is 150 Å². The number of halogens is 1. The Hall–Kier alpha value is -1.15. The lowest BCUT2D eigenvalue weighted by molar-refractivity contribution is -0.121. The Morgan fingerprint density at radius 2 is 1.88 bits per heavy atom. The first kappa shape index (κ1) is 20.9. The van der Waals surface area contributed by atoms with Crippen LogP contribution in [0.25, 0.3) is 0 Å². The molecule has 3 N–H and O–H groups in total. The Morgan fingerprint density at radius 3 is 2.42 bits per heavy atom. The van der Waals surface area contributed by atoms with Gasteiger partial charge in [-0.05, 0) is 50.9 Å². The number of nitrogens with one attached hydrogen (secondary N) is 3. The molecular weight excluding hydrogens is 350 g/mol. The zero-order valence-corrected chi connectivity index (χ0v) is 15.7. The van der Waals surface area contributed by atoms with Gasteiger partial charge in [0.05, 0.1) is 4.90 Å². The first-order valence-electron chi connectivity index (χ1n) is 7.96. The Bertz CT molecular complexity index is 630. The van der Waals surface area contributed by atoms with Gasteiger partial charge in [0.1, 0.15) is 0 Å². The molecule has 1 aromatic carbocycles. The Kier molecular flexibility index (Phi) is 8.15. The van der Waals surface area contributed by atoms with Crippen LogP contribution in [0.15, 0.2) is 29.2 Å². The number of rotatable bonds is 9. The molecular formula is C16H26ClN3O3S. The Balaban J connectivity index is 0.00000288. The van der Waals surface area contributed by atoms with E-state index < -0.39 is 10.0 Å². The molecule has 1 aromatic rings. The van der Waals surface area contributed by atoms with Crippen LogP contribution in [-0.2, 0) is 21.2 Å². The van der Waals surface area contributed by atoms with E-state index in [1.807, 2.05) is 14.0 Å². The molecule has 0 saturated heterocycles. The summed E-state index contributed by atoms with van der Waals surface area (Å²) in [5, 5.41) is 5.92. The number of carbonyl (C=O) groups excluding carboxylic acids is 1. The summed E-state index contributed by atoms with van der Waals surface area (Å²) >= 11 is 0. The van der Waals surface area contributed by atoms with Crippen molar-refractivity contribution in [1.29, 1.82) is 0 Å². The fourth-order valence-electron chi connectivity index (χ4n) is 2.04. The van der Waals surface area contributed by atoms with Gasteiger partial charge in [-0.1, -0.05) is 12.1 Å². The normalized spacial score (nSPS) is 15.4. The maximum Gasteiger partial charge on any atom is 0.240 e. The second-order valence-corrected chi connectivity index (χ2v) is 7.75. The van der Waals surface area contributed by atoms with Gasteiger partial charge in [0.15, 0.2) is 0 Å². The molecule has 136 valence electrons. The molecule has 0 bridgehead atoms. The molecule has 1 aliphatic rings. The van der Waals surface area contributed by atoms with Crippen molar-refractivity contribution >= 4 is 28.3 Å². The molecule has 6 nitrogen and oxygen atoms in total. The molecule has 8 heteroatoms. The summed E-state index contributed by atoms with van der Waals surface area (Å²) in [6.07, 6.45) is 2.82. The van der Waals surface area contributed by atoms with E-state index in [0.717, 1.165) is 18.4 Å². The molecule has 1 amide bonds. The minimum Gasteiger partial charge on any atom is -0.355 e. The Morgan fingerprint density at radius 1 is 1.25 bits per heavy atom. The molecule has 2 rings (SSSR count). The molecule has 1 atom stereocenters. The lowest BCUT2D eigenvalue weighted by atomic mass is 10.1. The molecule has 0 aliphatic heterocycles. The van der Waals surface area contributed by atoms with Gasteiger partial charge in [-0.2, -0.15) is 0 Å². The van der Waals surface area contributed by atoms with Crippen molar-refractivity contribution in [2.75, 3.05) is 13.6 Å². The van der Waals surface area contributed by atoms with E-state index in [2.05, 4.69) is 15.4 Å². The van der Waals surface area contributed by atoms with E-state index in [9.17, 15) is 13.2 Å². The fraction of sp³-hybridized carbons (Fsp3) is 0.562. The van der Waals surface area contributed by atoms with Gasteiger partial charge in [-0.3, -0.25) is 4.79 Å². The maximum atomic E-state index is 12.1. The lowest BCUT2D eigenvalue weighted by Crippen LogP contribution is -2.37. The van der Waals surface area contributed by atoms with Crippen LogP contribution in [0.4, 0.5) is 0 Å². The molecule has 0 heterocycles. The molecule has 1 aliphatic carbocycles. The van der Waals surface area contributed by atoms with Crippen LogP contribution in [0, 0.1) is 0 Å². The second kappa shape index (κ2) is 9.36. The van der Waals surface area contributed by atoms with Crippen LogP contribution < -0.4 is 15.4 Å². The minimum absolute atomic E-state index is 0. The van der Waals surface area contributed by atoms with Gasteiger partial charge in [0.2, 0.25) is 15.9 Å². The predicted molar refractivity (Wildman–Crippen MR) is 96.9 cm³/mol. The van der Waals surface area contributed by atoms with E-state index >= 15 is 0 Å². The van der Waals surface area contributed by atoms with Gasteiger partial charge >= 0.3 is 0 Å². The number of likely N-dealkylation sites (N-methyl/N-ethyl adjacent to an activating group) is 1. The molecule has 24 heavy (non-hydrogen) atoms. The van der Waals surface area contributed by atoms with Gasteiger partial charge < -0.3 is 10.6 Å². The van der Waals surface area contributed by atoms with E-state index in [-0.39, 0.29) is 35.3 Å². The summed E-state index contributed by atoms with van der Waals surface area (Å²) in [5.41, 5.74) is 0.951. The summed E-state index contributed by atoms with van der Waals surface area (Å²) in [4.78, 5) is 12.0. The average molecular weight is 376 g/mol. The third kappa shape index (κ3) is 6.76. The minimum atomic E-state index is -3.40. The molecule has 0 radical (unpaired) electrons. The van der Waals surface area contributed by atoms with Crippen molar-refractivity contribution in [2.24, 2.45) is 0 Å². The highest BCUT2D eigenvalue weighted by molar-refractivity contribution is 7.89. The highest BCUT2D eigenvalue weighted by Crippen LogP contribution is 2.22. The van der Waals surface area contributed by atoms with Gasteiger partial charge in [-0.15, -0.1) is 12.4 Å². The number of aryl methyl sites for hydroxylation is 1. The lowest BCUT2D eigenvalue weighted by Gasteiger charge is -2.11. The molecule has 0 spiro atoms. The fourth-order valence-corrected chi connectivity index (χ4v) is 3.34. The van der Waals surface area contributed by atoms with E-state index in [4.69, 9.17) is 0 Å². The number of sulfonamides is 1. The summed E-state index contributed by atoms with van der Waals surface area (Å²) in [7, 11) is -1.55. The van der Waals surface area contributed by atoms with Crippen molar-refractivity contribution in [3.05, 3.63) is 29.8 Å². The topological polar surface area (TPSA) is 87.3 Å². The standard InChI is InChI=1S/C16H25N3O3S.ClH/c1-12(17-2)11-18-16(20)10-5-13-3-8-15(9-4-13)23(21,22)19-14-6-7-14;/h3-4,8-9,12,14,17,19H,5-7,10-11H2,1-2H3,(H,18,20);1H. The first-order chi connectivity index (χ1) is 10.9. The number of benzene rings is 1. The highest BCUT2D eigenvalue weighted by Gasteiger charge is 2.27. The van der Waals surface area contributed by atoms with Crippen LogP contribution in [0.2, 0.25) is 0 Å². The number of carbonyl (C=O) groups is 1. The summed E-state index contributed by atoms with van der Waals surface area (Å²) in [6.45, 7) is 2.59. The number of amides is 1. The van der Waals surface area contributed by atoms with Crippen molar-refractivity contribution in [3.63, 3.8) is 0 Å². The average Bonchev–Trinajstić information content (AvgIpc) is 3.34. The van der Waals surface area contributed by atoms with Crippen LogP contribution in [-0.4, -0.2) is 40.0 Å². The summed E-state index contributed by atoms with van der Waals surface area (Å²) in [6, 6.07) is 7.07. The number of hydrogen-bond acceptors (Lipinski definition) is 4. The van der Waals surface area contributed by atoms with Gasteiger partial charge in [0, 0.05) is 25.0 Å². The summed E-state index contributed by atoms with van der Waals surface area (Å²) in [5.74, 6) is -0.000742. The SMILES string of the molecule is CNC(C)CNC(=O)CCc1ccc(S(=O)(=O)NC2CC2)cc1.Cl. The van der Waals surface area contributed by atoms with E-state index in [1.54, 1.807) is 24.3 Å². The van der Waals surface area contributed by atoms with Crippen molar-refractivity contribution in [3.8, 4) is 0 Å². The third-order valence-electron chi connectivity index (χ3n) is 3.87. The molecule has 1 saturated carbocycles. The zero-order chi connectivity index (χ0) is 16.9. The van der Waals surface area contributed by atoms with Gasteiger partial charge in [0.25, 0.3) is 0 Å². The van der Waals surface area contributed by atoms with Gasteiger partial charge in [-0.25, -0.2) is 13.1 Å². The van der Waals surface area contributed by atoms with Crippen molar-refractivity contribution in [2.45, 2.75) is 49.6 Å². The molecule has 1 fully saturated rings. The maximum absolute atomic E-state index is 12.1. The largest absolute Gasteiger partial charge is 0.355 e. The zero-order valence-electron chi connectivity index (χ0n) is 14.0. The van der Waals surface area contributed by atoms with E-state index in [1.165, 1.54) is 0 Å². The van der Waals surface area contributed by atoms with Crippen molar-refractivity contribution < 1.29 is 13.2 Å². The second-order valence-electron chi connectivity index (χ2n) is 6.03. The van der Waals surface area contributed by atoms with Crippen LogP contribution >= 0.6 is 12.4 Å². The monoisotopic (exact) mass is 375 g/mol. The van der Waals surface area contributed by atoms with Crippen LogP contribution in [0.5, 0.6) is 0 Å². The summed E-state index contributed by atoms with van der Waals surface area (Å²) < 4.78 is 26.8. The quantitative estimate of drug-likeness (QED) is 0.605. The van der Waals surface area contributed by atoms with Crippen LogP contribution in [0.1, 0.15) is 31.7 Å². The smallest absolute Gasteiger partial charge is 0.240 e.